The van der Waals surface area contributed by atoms with Gasteiger partial charge in [-0.1, -0.05) is 6.07 Å². The number of nitrogens with zero attached hydrogens (tertiary/aromatic N) is 1. The highest BCUT2D eigenvalue weighted by molar-refractivity contribution is 7.89. The number of aliphatic hydroxyl groups is 1. The molecule has 0 aliphatic heterocycles. The summed E-state index contributed by atoms with van der Waals surface area (Å²) in [5.74, 6) is -0.906. The maximum Gasteiger partial charge on any atom is 0.242 e. The van der Waals surface area contributed by atoms with Gasteiger partial charge in [-0.3, -0.25) is 0 Å². The zero-order valence-electron chi connectivity index (χ0n) is 11.7. The minimum Gasteiger partial charge on any atom is -0.389 e. The fourth-order valence-corrected chi connectivity index (χ4v) is 3.05. The van der Waals surface area contributed by atoms with Gasteiger partial charge in [0.05, 0.1) is 11.1 Å². The molecule has 0 saturated heterocycles. The van der Waals surface area contributed by atoms with Crippen LogP contribution in [0.1, 0.15) is 33.3 Å². The molecule has 0 heterocycles. The number of nitrogens with one attached hydrogen (secondary N) is 1. The van der Waals surface area contributed by atoms with Gasteiger partial charge in [-0.05, 0) is 39.8 Å². The van der Waals surface area contributed by atoms with Gasteiger partial charge < -0.3 is 5.11 Å². The van der Waals surface area contributed by atoms with Gasteiger partial charge in [0.1, 0.15) is 22.3 Å². The maximum atomic E-state index is 13.5. The van der Waals surface area contributed by atoms with E-state index in [0.29, 0.717) is 0 Å². The first-order valence-electron chi connectivity index (χ1n) is 5.87. The van der Waals surface area contributed by atoms with Crippen LogP contribution >= 0.6 is 0 Å². The molecule has 0 unspecified atom stereocenters. The predicted molar refractivity (Wildman–Crippen MR) is 71.8 cm³/mol. The summed E-state index contributed by atoms with van der Waals surface area (Å²) in [4.78, 5) is -0.447. The van der Waals surface area contributed by atoms with E-state index in [4.69, 9.17) is 5.26 Å². The van der Waals surface area contributed by atoms with Gasteiger partial charge in [0, 0.05) is 0 Å². The fourth-order valence-electron chi connectivity index (χ4n) is 1.35. The average Bonchev–Trinajstić information content (AvgIpc) is 2.25. The van der Waals surface area contributed by atoms with Gasteiger partial charge in [0.2, 0.25) is 10.0 Å². The summed E-state index contributed by atoms with van der Waals surface area (Å²) in [6.07, 6.45) is 0. The van der Waals surface area contributed by atoms with Crippen molar-refractivity contribution in [2.75, 3.05) is 0 Å². The van der Waals surface area contributed by atoms with Gasteiger partial charge in [-0.15, -0.1) is 0 Å². The second-order valence-corrected chi connectivity index (χ2v) is 7.17. The van der Waals surface area contributed by atoms with Gasteiger partial charge >= 0.3 is 0 Å². The van der Waals surface area contributed by atoms with Crippen molar-refractivity contribution in [2.45, 2.75) is 43.7 Å². The zero-order chi connectivity index (χ0) is 15.8. The number of benzene rings is 1. The number of hydrogen-bond acceptors (Lipinski definition) is 4. The lowest BCUT2D eigenvalue weighted by Crippen LogP contribution is -2.57. The molecule has 0 aromatic heterocycles. The molecule has 0 atom stereocenters. The lowest BCUT2D eigenvalue weighted by atomic mass is 9.87. The van der Waals surface area contributed by atoms with Crippen LogP contribution in [0, 0.1) is 17.1 Å². The van der Waals surface area contributed by atoms with E-state index >= 15 is 0 Å². The Morgan fingerprint density at radius 2 is 1.85 bits per heavy atom. The van der Waals surface area contributed by atoms with E-state index in [1.54, 1.807) is 0 Å². The van der Waals surface area contributed by atoms with Crippen LogP contribution in [0.3, 0.4) is 0 Å². The SMILES string of the molecule is CC(C)(O)C(C)(C)NS(=O)(=O)c1cccc(F)c1C#N. The molecule has 20 heavy (non-hydrogen) atoms. The molecule has 0 saturated carbocycles. The zero-order valence-corrected chi connectivity index (χ0v) is 12.5. The minimum absolute atomic E-state index is 0.447. The molecule has 1 aromatic carbocycles. The molecule has 0 spiro atoms. The van der Waals surface area contributed by atoms with Crippen LogP contribution in [-0.4, -0.2) is 24.7 Å². The van der Waals surface area contributed by atoms with E-state index < -0.39 is 37.4 Å². The number of sulfonamides is 1. The molecule has 7 heteroatoms. The molecule has 0 aliphatic rings. The first kappa shape index (κ1) is 16.6. The molecule has 1 aromatic rings. The van der Waals surface area contributed by atoms with E-state index in [1.165, 1.54) is 39.8 Å². The Balaban J connectivity index is 3.34. The summed E-state index contributed by atoms with van der Waals surface area (Å²) < 4.78 is 40.4. The highest BCUT2D eigenvalue weighted by Crippen LogP contribution is 2.25. The van der Waals surface area contributed by atoms with E-state index in [9.17, 15) is 17.9 Å². The van der Waals surface area contributed by atoms with E-state index in [2.05, 4.69) is 4.72 Å². The fraction of sp³-hybridized carbons (Fsp3) is 0.462. The summed E-state index contributed by atoms with van der Waals surface area (Å²) in [6, 6.07) is 4.90. The summed E-state index contributed by atoms with van der Waals surface area (Å²) in [6.45, 7) is 5.89. The molecule has 5 nitrogen and oxygen atoms in total. The van der Waals surface area contributed by atoms with Crippen molar-refractivity contribution < 1.29 is 17.9 Å². The third-order valence-corrected chi connectivity index (χ3v) is 4.99. The third kappa shape index (κ3) is 3.15. The third-order valence-electron chi connectivity index (χ3n) is 3.30. The Kier molecular flexibility index (Phi) is 4.25. The molecule has 0 aliphatic carbocycles. The van der Waals surface area contributed by atoms with Crippen molar-refractivity contribution >= 4 is 10.0 Å². The van der Waals surface area contributed by atoms with E-state index in [1.807, 2.05) is 0 Å². The van der Waals surface area contributed by atoms with Gasteiger partial charge in [-0.25, -0.2) is 17.5 Å². The Hall–Kier alpha value is -1.49. The van der Waals surface area contributed by atoms with Crippen molar-refractivity contribution in [1.82, 2.24) is 4.72 Å². The second kappa shape index (κ2) is 5.13. The van der Waals surface area contributed by atoms with Crippen molar-refractivity contribution in [3.63, 3.8) is 0 Å². The van der Waals surface area contributed by atoms with Crippen LogP contribution in [0.4, 0.5) is 4.39 Å². The molecule has 0 radical (unpaired) electrons. The summed E-state index contributed by atoms with van der Waals surface area (Å²) in [5, 5.41) is 18.9. The smallest absolute Gasteiger partial charge is 0.242 e. The molecule has 1 rings (SSSR count). The van der Waals surface area contributed by atoms with Crippen molar-refractivity contribution in [3.05, 3.63) is 29.6 Å². The lowest BCUT2D eigenvalue weighted by molar-refractivity contribution is 0.00638. The quantitative estimate of drug-likeness (QED) is 0.882. The molecule has 2 N–H and O–H groups in total. The van der Waals surface area contributed by atoms with Gasteiger partial charge in [0.25, 0.3) is 0 Å². The molecule has 110 valence electrons. The molecule has 0 bridgehead atoms. The standard InChI is InChI=1S/C13H17FN2O3S/c1-12(2,13(3,4)17)16-20(18,19)11-7-5-6-10(14)9(11)8-15/h5-7,16-17H,1-4H3. The summed E-state index contributed by atoms with van der Waals surface area (Å²) >= 11 is 0. The van der Waals surface area contributed by atoms with E-state index in [0.717, 1.165) is 12.1 Å². The lowest BCUT2D eigenvalue weighted by Gasteiger charge is -2.37. The van der Waals surface area contributed by atoms with Crippen LogP contribution in [0.15, 0.2) is 23.1 Å². The monoisotopic (exact) mass is 300 g/mol. The number of halogens is 1. The summed E-state index contributed by atoms with van der Waals surface area (Å²) in [7, 11) is -4.14. The van der Waals surface area contributed by atoms with Crippen LogP contribution in [0.2, 0.25) is 0 Å². The van der Waals surface area contributed by atoms with Gasteiger partial charge in [0.15, 0.2) is 0 Å². The summed E-state index contributed by atoms with van der Waals surface area (Å²) in [5.41, 5.74) is -3.10. The highest BCUT2D eigenvalue weighted by Gasteiger charge is 2.39. The van der Waals surface area contributed by atoms with Gasteiger partial charge in [-0.2, -0.15) is 5.26 Å². The van der Waals surface area contributed by atoms with Crippen molar-refractivity contribution in [1.29, 1.82) is 5.26 Å². The Bertz CT molecular complexity index is 655. The van der Waals surface area contributed by atoms with Crippen LogP contribution < -0.4 is 4.72 Å². The number of hydrogen-bond donors (Lipinski definition) is 2. The van der Waals surface area contributed by atoms with Crippen molar-refractivity contribution in [2.24, 2.45) is 0 Å². The van der Waals surface area contributed by atoms with Crippen LogP contribution in [-0.2, 0) is 10.0 Å². The van der Waals surface area contributed by atoms with Crippen LogP contribution in [0.5, 0.6) is 0 Å². The second-order valence-electron chi connectivity index (χ2n) is 5.51. The first-order chi connectivity index (χ1) is 8.92. The minimum atomic E-state index is -4.14. The number of nitriles is 1. The Morgan fingerprint density at radius 3 is 2.30 bits per heavy atom. The highest BCUT2D eigenvalue weighted by atomic mass is 32.2. The molecule has 0 fully saturated rings. The van der Waals surface area contributed by atoms with Crippen molar-refractivity contribution in [3.8, 4) is 6.07 Å². The normalized spacial score (nSPS) is 13.1. The topological polar surface area (TPSA) is 90.2 Å². The molecular formula is C13H17FN2O3S. The van der Waals surface area contributed by atoms with Crippen LogP contribution in [0.25, 0.3) is 0 Å². The average molecular weight is 300 g/mol. The Morgan fingerprint density at radius 1 is 1.30 bits per heavy atom. The molecular weight excluding hydrogens is 283 g/mol. The number of rotatable bonds is 4. The van der Waals surface area contributed by atoms with E-state index in [-0.39, 0.29) is 0 Å². The maximum absolute atomic E-state index is 13.5. The molecule has 0 amide bonds. The largest absolute Gasteiger partial charge is 0.389 e. The predicted octanol–water partition coefficient (Wildman–Crippen LogP) is 1.53. The Labute approximate surface area is 118 Å². The first-order valence-corrected chi connectivity index (χ1v) is 7.35.